The maximum Gasteiger partial charge on any atom is 0.289 e. The van der Waals surface area contributed by atoms with Gasteiger partial charge in [0.2, 0.25) is 5.76 Å². The van der Waals surface area contributed by atoms with E-state index in [1.807, 2.05) is 17.8 Å². The van der Waals surface area contributed by atoms with Gasteiger partial charge >= 0.3 is 0 Å². The highest BCUT2D eigenvalue weighted by atomic mass is 16.5. The number of amides is 1. The van der Waals surface area contributed by atoms with E-state index in [-0.39, 0.29) is 23.8 Å². The summed E-state index contributed by atoms with van der Waals surface area (Å²) in [6.45, 7) is 3.63. The van der Waals surface area contributed by atoms with Crippen LogP contribution in [0.2, 0.25) is 0 Å². The molecule has 2 aromatic heterocycles. The number of nitrogens with zero attached hydrogens (tertiary/aromatic N) is 4. The first-order valence-electron chi connectivity index (χ1n) is 7.56. The molecule has 0 bridgehead atoms. The maximum atomic E-state index is 12.1. The number of morpholine rings is 1. The van der Waals surface area contributed by atoms with E-state index in [1.165, 1.54) is 0 Å². The molecule has 23 heavy (non-hydrogen) atoms. The quantitative estimate of drug-likeness (QED) is 0.884. The Bertz CT molecular complexity index is 680. The van der Waals surface area contributed by atoms with Crippen LogP contribution in [0.3, 0.4) is 0 Å². The Morgan fingerprint density at radius 3 is 2.96 bits per heavy atom. The van der Waals surface area contributed by atoms with Gasteiger partial charge in [-0.2, -0.15) is 0 Å². The molecule has 0 aliphatic carbocycles. The predicted octanol–water partition coefficient (Wildman–Crippen LogP) is 0.518. The molecule has 0 unspecified atom stereocenters. The van der Waals surface area contributed by atoms with Crippen LogP contribution in [0.15, 0.2) is 23.1 Å². The van der Waals surface area contributed by atoms with Crippen LogP contribution in [0.4, 0.5) is 0 Å². The van der Waals surface area contributed by atoms with Gasteiger partial charge in [-0.05, 0) is 14.0 Å². The molecule has 124 valence electrons. The first-order valence-corrected chi connectivity index (χ1v) is 7.56. The molecule has 8 nitrogen and oxygen atoms in total. The number of carbonyl (C=O) groups excluding carboxylic acids is 1. The number of ether oxygens (including phenoxy) is 1. The number of hydrogen-bond donors (Lipinski definition) is 1. The van der Waals surface area contributed by atoms with Crippen molar-refractivity contribution in [3.63, 3.8) is 0 Å². The molecule has 1 aliphatic heterocycles. The lowest BCUT2D eigenvalue weighted by Gasteiger charge is -2.39. The van der Waals surface area contributed by atoms with Crippen molar-refractivity contribution < 1.29 is 14.1 Å². The zero-order chi connectivity index (χ0) is 16.4. The van der Waals surface area contributed by atoms with E-state index in [2.05, 4.69) is 27.4 Å². The minimum Gasteiger partial charge on any atom is -0.373 e. The topological polar surface area (TPSA) is 85.4 Å². The normalized spacial score (nSPS) is 22.2. The smallest absolute Gasteiger partial charge is 0.289 e. The van der Waals surface area contributed by atoms with E-state index in [4.69, 9.17) is 9.26 Å². The second-order valence-corrected chi connectivity index (χ2v) is 5.81. The van der Waals surface area contributed by atoms with Crippen LogP contribution in [0.1, 0.15) is 28.0 Å². The molecule has 1 amide bonds. The second-order valence-electron chi connectivity index (χ2n) is 5.81. The SMILES string of the molecule is Cc1cc(C(=O)NC[C@@H]2OCCN(C)[C@H]2c2cncn2C)on1. The van der Waals surface area contributed by atoms with Gasteiger partial charge in [0, 0.05) is 32.4 Å². The highest BCUT2D eigenvalue weighted by Gasteiger charge is 2.33. The van der Waals surface area contributed by atoms with E-state index in [0.717, 1.165) is 12.2 Å². The second kappa shape index (κ2) is 6.51. The molecule has 1 aliphatic rings. The van der Waals surface area contributed by atoms with Crippen molar-refractivity contribution in [2.75, 3.05) is 26.7 Å². The van der Waals surface area contributed by atoms with Crippen molar-refractivity contribution in [1.82, 2.24) is 24.9 Å². The summed E-state index contributed by atoms with van der Waals surface area (Å²) < 4.78 is 12.8. The highest BCUT2D eigenvalue weighted by Crippen LogP contribution is 2.27. The lowest BCUT2D eigenvalue weighted by molar-refractivity contribution is -0.0627. The molecule has 0 spiro atoms. The third kappa shape index (κ3) is 3.27. The van der Waals surface area contributed by atoms with Crippen LogP contribution >= 0.6 is 0 Å². The maximum absolute atomic E-state index is 12.1. The molecule has 0 radical (unpaired) electrons. The molecular formula is C15H21N5O3. The Kier molecular flexibility index (Phi) is 4.44. The number of rotatable bonds is 4. The standard InChI is InChI=1S/C15H21N5O3/c1-10-6-12(23-18-10)15(21)17-8-13-14(19(2)4-5-22-13)11-7-16-9-20(11)3/h6-7,9,13-14H,4-5,8H2,1-3H3,(H,17,21)/t13-,14-/m0/s1. The van der Waals surface area contributed by atoms with Gasteiger partial charge in [-0.3, -0.25) is 9.69 Å². The lowest BCUT2D eigenvalue weighted by atomic mass is 10.0. The molecule has 0 saturated carbocycles. The predicted molar refractivity (Wildman–Crippen MR) is 81.9 cm³/mol. The van der Waals surface area contributed by atoms with E-state index < -0.39 is 0 Å². The molecule has 8 heteroatoms. The van der Waals surface area contributed by atoms with E-state index in [1.54, 1.807) is 19.3 Å². The summed E-state index contributed by atoms with van der Waals surface area (Å²) >= 11 is 0. The van der Waals surface area contributed by atoms with Crippen LogP contribution in [0, 0.1) is 6.92 Å². The summed E-state index contributed by atoms with van der Waals surface area (Å²) in [6.07, 6.45) is 3.45. The molecule has 0 aromatic carbocycles. The molecule has 2 aromatic rings. The zero-order valence-corrected chi connectivity index (χ0v) is 13.5. The van der Waals surface area contributed by atoms with Crippen molar-refractivity contribution in [2.45, 2.75) is 19.1 Å². The van der Waals surface area contributed by atoms with Crippen LogP contribution in [-0.2, 0) is 11.8 Å². The number of aryl methyl sites for hydroxylation is 2. The van der Waals surface area contributed by atoms with Crippen molar-refractivity contribution >= 4 is 5.91 Å². The van der Waals surface area contributed by atoms with Crippen molar-refractivity contribution in [2.24, 2.45) is 7.05 Å². The fraction of sp³-hybridized carbons (Fsp3) is 0.533. The van der Waals surface area contributed by atoms with Crippen LogP contribution in [-0.4, -0.2) is 58.4 Å². The summed E-state index contributed by atoms with van der Waals surface area (Å²) in [5, 5.41) is 6.58. The monoisotopic (exact) mass is 319 g/mol. The average Bonchev–Trinajstić information content (AvgIpc) is 3.13. The van der Waals surface area contributed by atoms with Gasteiger partial charge < -0.3 is 19.1 Å². The summed E-state index contributed by atoms with van der Waals surface area (Å²) in [4.78, 5) is 18.5. The molecular weight excluding hydrogens is 298 g/mol. The Morgan fingerprint density at radius 1 is 1.48 bits per heavy atom. The Morgan fingerprint density at radius 2 is 2.30 bits per heavy atom. The Hall–Kier alpha value is -2.19. The summed E-state index contributed by atoms with van der Waals surface area (Å²) in [6, 6.07) is 1.65. The number of nitrogens with one attached hydrogen (secondary N) is 1. The molecule has 1 N–H and O–H groups in total. The van der Waals surface area contributed by atoms with Crippen molar-refractivity contribution in [1.29, 1.82) is 0 Å². The Balaban J connectivity index is 1.69. The van der Waals surface area contributed by atoms with Gasteiger partial charge in [-0.1, -0.05) is 5.16 Å². The van der Waals surface area contributed by atoms with Gasteiger partial charge in [-0.25, -0.2) is 4.98 Å². The highest BCUT2D eigenvalue weighted by molar-refractivity contribution is 5.91. The number of carbonyl (C=O) groups is 1. The number of imidazole rings is 1. The zero-order valence-electron chi connectivity index (χ0n) is 13.5. The van der Waals surface area contributed by atoms with Gasteiger partial charge in [0.1, 0.15) is 0 Å². The fourth-order valence-corrected chi connectivity index (χ4v) is 2.85. The first kappa shape index (κ1) is 15.7. The van der Waals surface area contributed by atoms with E-state index in [0.29, 0.717) is 18.8 Å². The largest absolute Gasteiger partial charge is 0.373 e. The van der Waals surface area contributed by atoms with Gasteiger partial charge in [0.05, 0.1) is 36.5 Å². The lowest BCUT2D eigenvalue weighted by Crippen LogP contribution is -2.48. The van der Waals surface area contributed by atoms with Gasteiger partial charge in [0.15, 0.2) is 0 Å². The third-order valence-electron chi connectivity index (χ3n) is 4.08. The third-order valence-corrected chi connectivity index (χ3v) is 4.08. The van der Waals surface area contributed by atoms with E-state index in [9.17, 15) is 4.79 Å². The van der Waals surface area contributed by atoms with Crippen LogP contribution < -0.4 is 5.32 Å². The van der Waals surface area contributed by atoms with E-state index >= 15 is 0 Å². The van der Waals surface area contributed by atoms with Crippen LogP contribution in [0.5, 0.6) is 0 Å². The van der Waals surface area contributed by atoms with Gasteiger partial charge in [0.25, 0.3) is 5.91 Å². The summed E-state index contributed by atoms with van der Waals surface area (Å²) in [7, 11) is 4.01. The number of aromatic nitrogens is 3. The molecule has 3 heterocycles. The minimum atomic E-state index is -0.286. The van der Waals surface area contributed by atoms with Crippen molar-refractivity contribution in [3.05, 3.63) is 35.7 Å². The Labute approximate surface area is 134 Å². The number of hydrogen-bond acceptors (Lipinski definition) is 6. The summed E-state index contributed by atoms with van der Waals surface area (Å²) in [5.41, 5.74) is 1.73. The fourth-order valence-electron chi connectivity index (χ4n) is 2.85. The molecule has 3 rings (SSSR count). The van der Waals surface area contributed by atoms with Crippen LogP contribution in [0.25, 0.3) is 0 Å². The molecule has 1 fully saturated rings. The molecule has 1 saturated heterocycles. The summed E-state index contributed by atoms with van der Waals surface area (Å²) in [5.74, 6) is -0.0741. The minimum absolute atomic E-state index is 0.0352. The van der Waals surface area contributed by atoms with Gasteiger partial charge in [-0.15, -0.1) is 0 Å². The number of likely N-dealkylation sites (N-methyl/N-ethyl adjacent to an activating group) is 1. The average molecular weight is 319 g/mol. The van der Waals surface area contributed by atoms with Crippen molar-refractivity contribution in [3.8, 4) is 0 Å². The molecule has 2 atom stereocenters. The first-order chi connectivity index (χ1) is 11.1.